The molecular weight excluding hydrogens is 275 g/mol. The van der Waals surface area contributed by atoms with Gasteiger partial charge in [-0.2, -0.15) is 0 Å². The number of nitro benzene ring substituents is 1. The van der Waals surface area contributed by atoms with E-state index in [2.05, 4.69) is 26.1 Å². The molecule has 18 heavy (non-hydrogen) atoms. The van der Waals surface area contributed by atoms with Crippen LogP contribution < -0.4 is 5.32 Å². The zero-order chi connectivity index (χ0) is 13.9. The summed E-state index contributed by atoms with van der Waals surface area (Å²) in [6.07, 6.45) is 1.00. The third kappa shape index (κ3) is 3.75. The molecule has 0 saturated heterocycles. The molecule has 1 aromatic rings. The number of rotatable bonds is 5. The highest BCUT2D eigenvalue weighted by atomic mass is 35.5. The van der Waals surface area contributed by atoms with Crippen molar-refractivity contribution < 1.29 is 4.92 Å². The van der Waals surface area contributed by atoms with Crippen molar-refractivity contribution in [3.63, 3.8) is 0 Å². The molecule has 1 N–H and O–H groups in total. The van der Waals surface area contributed by atoms with Gasteiger partial charge in [-0.15, -0.1) is 0 Å². The lowest BCUT2D eigenvalue weighted by atomic mass is 9.90. The summed E-state index contributed by atoms with van der Waals surface area (Å²) in [5.41, 5.74) is 0.546. The van der Waals surface area contributed by atoms with Crippen LogP contribution in [0.2, 0.25) is 10.0 Å². The molecule has 0 heterocycles. The van der Waals surface area contributed by atoms with Crippen molar-refractivity contribution in [1.29, 1.82) is 0 Å². The molecule has 0 amide bonds. The topological polar surface area (TPSA) is 55.2 Å². The van der Waals surface area contributed by atoms with Crippen molar-refractivity contribution in [1.82, 2.24) is 0 Å². The Hall–Kier alpha value is -1.00. The summed E-state index contributed by atoms with van der Waals surface area (Å²) < 4.78 is 0. The molecule has 0 atom stereocenters. The second-order valence-corrected chi connectivity index (χ2v) is 5.73. The van der Waals surface area contributed by atoms with Crippen LogP contribution in [0.1, 0.15) is 27.2 Å². The first-order valence-corrected chi connectivity index (χ1v) is 6.40. The van der Waals surface area contributed by atoms with Gasteiger partial charge in [-0.3, -0.25) is 10.1 Å². The van der Waals surface area contributed by atoms with Crippen LogP contribution in [0, 0.1) is 15.5 Å². The number of hydrogen-bond acceptors (Lipinski definition) is 3. The van der Waals surface area contributed by atoms with Crippen molar-refractivity contribution in [3.8, 4) is 0 Å². The van der Waals surface area contributed by atoms with Crippen LogP contribution in [-0.2, 0) is 0 Å². The smallest absolute Gasteiger partial charge is 0.272 e. The Balaban J connectivity index is 2.94. The van der Waals surface area contributed by atoms with E-state index in [0.717, 1.165) is 6.42 Å². The molecule has 0 aliphatic carbocycles. The van der Waals surface area contributed by atoms with Gasteiger partial charge in [-0.25, -0.2) is 0 Å². The van der Waals surface area contributed by atoms with E-state index >= 15 is 0 Å². The van der Waals surface area contributed by atoms with E-state index in [9.17, 15) is 10.1 Å². The summed E-state index contributed by atoms with van der Waals surface area (Å²) in [5.74, 6) is 0. The normalized spacial score (nSPS) is 11.4. The standard InChI is InChI=1S/C12H16Cl2N2O2/c1-4-12(2,3)7-15-11-9(13)5-8(16(17)18)6-10(11)14/h5-6,15H,4,7H2,1-3H3. The zero-order valence-corrected chi connectivity index (χ0v) is 12.1. The van der Waals surface area contributed by atoms with Gasteiger partial charge in [-0.1, -0.05) is 44.0 Å². The largest absolute Gasteiger partial charge is 0.382 e. The minimum Gasteiger partial charge on any atom is -0.382 e. The minimum absolute atomic E-state index is 0.106. The molecule has 0 bridgehead atoms. The summed E-state index contributed by atoms with van der Waals surface area (Å²) in [6.45, 7) is 7.03. The maximum Gasteiger partial charge on any atom is 0.272 e. The third-order valence-electron chi connectivity index (χ3n) is 2.94. The lowest BCUT2D eigenvalue weighted by Gasteiger charge is -2.24. The Bertz CT molecular complexity index is 438. The highest BCUT2D eigenvalue weighted by Crippen LogP contribution is 2.35. The highest BCUT2D eigenvalue weighted by molar-refractivity contribution is 6.39. The van der Waals surface area contributed by atoms with E-state index in [1.54, 1.807) is 0 Å². The number of non-ortho nitro benzene ring substituents is 1. The maximum absolute atomic E-state index is 10.6. The summed E-state index contributed by atoms with van der Waals surface area (Å²) in [5, 5.41) is 14.3. The van der Waals surface area contributed by atoms with Crippen LogP contribution in [0.5, 0.6) is 0 Å². The molecule has 6 heteroatoms. The van der Waals surface area contributed by atoms with Gasteiger partial charge in [0.1, 0.15) is 0 Å². The first-order valence-electron chi connectivity index (χ1n) is 5.64. The van der Waals surface area contributed by atoms with Crippen LogP contribution in [0.15, 0.2) is 12.1 Å². The van der Waals surface area contributed by atoms with Gasteiger partial charge in [0.25, 0.3) is 5.69 Å². The molecule has 0 unspecified atom stereocenters. The van der Waals surface area contributed by atoms with Gasteiger partial charge in [0.05, 0.1) is 20.7 Å². The summed E-state index contributed by atoms with van der Waals surface area (Å²) in [6, 6.07) is 2.60. The molecule has 0 aromatic heterocycles. The molecule has 1 rings (SSSR count). The fourth-order valence-corrected chi connectivity index (χ4v) is 1.90. The number of halogens is 2. The molecule has 0 aliphatic heterocycles. The Kier molecular flexibility index (Phi) is 4.82. The third-order valence-corrected chi connectivity index (χ3v) is 3.53. The Morgan fingerprint density at radius 3 is 2.22 bits per heavy atom. The predicted octanol–water partition coefficient (Wildman–Crippen LogP) is 4.75. The molecule has 1 aromatic carbocycles. The van der Waals surface area contributed by atoms with E-state index in [0.29, 0.717) is 12.2 Å². The second kappa shape index (κ2) is 5.76. The fourth-order valence-electron chi connectivity index (χ4n) is 1.29. The first kappa shape index (κ1) is 15.1. The molecule has 0 spiro atoms. The van der Waals surface area contributed by atoms with Crippen molar-refractivity contribution in [3.05, 3.63) is 32.3 Å². The number of nitrogens with zero attached hydrogens (tertiary/aromatic N) is 1. The summed E-state index contributed by atoms with van der Waals surface area (Å²) in [7, 11) is 0. The SMILES string of the molecule is CCC(C)(C)CNc1c(Cl)cc([N+](=O)[O-])cc1Cl. The van der Waals surface area contributed by atoms with Gasteiger partial charge in [0.2, 0.25) is 0 Å². The zero-order valence-electron chi connectivity index (χ0n) is 10.6. The average Bonchev–Trinajstić information content (AvgIpc) is 2.27. The van der Waals surface area contributed by atoms with E-state index in [1.807, 2.05) is 0 Å². The monoisotopic (exact) mass is 290 g/mol. The van der Waals surface area contributed by atoms with E-state index < -0.39 is 4.92 Å². The maximum atomic E-state index is 10.6. The number of nitro groups is 1. The van der Waals surface area contributed by atoms with Gasteiger partial charge in [0.15, 0.2) is 0 Å². The van der Waals surface area contributed by atoms with Crippen LogP contribution in [0.3, 0.4) is 0 Å². The quantitative estimate of drug-likeness (QED) is 0.629. The number of benzene rings is 1. The summed E-state index contributed by atoms with van der Waals surface area (Å²) in [4.78, 5) is 10.1. The lowest BCUT2D eigenvalue weighted by molar-refractivity contribution is -0.384. The van der Waals surface area contributed by atoms with Crippen LogP contribution in [0.25, 0.3) is 0 Å². The van der Waals surface area contributed by atoms with Gasteiger partial charge >= 0.3 is 0 Å². The molecule has 0 fully saturated rings. The first-order chi connectivity index (χ1) is 8.26. The second-order valence-electron chi connectivity index (χ2n) is 4.91. The van der Waals surface area contributed by atoms with Crippen molar-refractivity contribution in [2.45, 2.75) is 27.2 Å². The Labute approximate surface area is 116 Å². The number of nitrogens with one attached hydrogen (secondary N) is 1. The fraction of sp³-hybridized carbons (Fsp3) is 0.500. The average molecular weight is 291 g/mol. The summed E-state index contributed by atoms with van der Waals surface area (Å²) >= 11 is 12.0. The number of hydrogen-bond donors (Lipinski definition) is 1. The molecule has 0 saturated carbocycles. The van der Waals surface area contributed by atoms with Crippen LogP contribution in [-0.4, -0.2) is 11.5 Å². The lowest BCUT2D eigenvalue weighted by Crippen LogP contribution is -2.22. The molecule has 0 radical (unpaired) electrons. The molecule has 100 valence electrons. The van der Waals surface area contributed by atoms with E-state index in [4.69, 9.17) is 23.2 Å². The van der Waals surface area contributed by atoms with Crippen LogP contribution >= 0.6 is 23.2 Å². The minimum atomic E-state index is -0.516. The van der Waals surface area contributed by atoms with E-state index in [-0.39, 0.29) is 21.1 Å². The van der Waals surface area contributed by atoms with Crippen molar-refractivity contribution >= 4 is 34.6 Å². The van der Waals surface area contributed by atoms with Gasteiger partial charge in [0, 0.05) is 18.7 Å². The molecule has 4 nitrogen and oxygen atoms in total. The predicted molar refractivity (Wildman–Crippen MR) is 75.7 cm³/mol. The van der Waals surface area contributed by atoms with E-state index in [1.165, 1.54) is 12.1 Å². The van der Waals surface area contributed by atoms with Gasteiger partial charge < -0.3 is 5.32 Å². The van der Waals surface area contributed by atoms with Crippen LogP contribution in [0.4, 0.5) is 11.4 Å². The molecule has 0 aliphatic rings. The Morgan fingerprint density at radius 1 is 1.33 bits per heavy atom. The molecular formula is C12H16Cl2N2O2. The van der Waals surface area contributed by atoms with Crippen molar-refractivity contribution in [2.24, 2.45) is 5.41 Å². The van der Waals surface area contributed by atoms with Gasteiger partial charge in [-0.05, 0) is 11.8 Å². The Morgan fingerprint density at radius 2 is 1.83 bits per heavy atom. The highest BCUT2D eigenvalue weighted by Gasteiger charge is 2.18. The van der Waals surface area contributed by atoms with Crippen molar-refractivity contribution in [2.75, 3.05) is 11.9 Å². The number of anilines is 1.